The number of hydrogen-bond donors (Lipinski definition) is 0. The summed E-state index contributed by atoms with van der Waals surface area (Å²) in [6, 6.07) is 11.8. The third-order valence-corrected chi connectivity index (χ3v) is 3.97. The van der Waals surface area contributed by atoms with Crippen LogP contribution in [0, 0.1) is 0 Å². The van der Waals surface area contributed by atoms with Crippen molar-refractivity contribution in [2.24, 2.45) is 0 Å². The van der Waals surface area contributed by atoms with Crippen LogP contribution in [0.5, 0.6) is 11.5 Å². The summed E-state index contributed by atoms with van der Waals surface area (Å²) in [4.78, 5) is 3.90. The van der Waals surface area contributed by atoms with Crippen molar-refractivity contribution in [3.8, 4) is 33.8 Å². The van der Waals surface area contributed by atoms with Crippen LogP contribution in [0.3, 0.4) is 0 Å². The van der Waals surface area contributed by atoms with E-state index in [-0.39, 0.29) is 27.4 Å². The van der Waals surface area contributed by atoms with E-state index in [1.54, 1.807) is 0 Å². The Kier molecular flexibility index (Phi) is 5.61. The molecule has 0 aliphatic carbocycles. The highest BCUT2D eigenvalue weighted by Crippen LogP contribution is 2.40. The summed E-state index contributed by atoms with van der Waals surface area (Å²) in [6.07, 6.45) is -8.68. The van der Waals surface area contributed by atoms with E-state index < -0.39 is 24.2 Å². The molecule has 3 aromatic rings. The standard InChI is InChI=1S/C19H10ClF6NO2/c20-17-14(13-6-2-4-8-16(13)29-19(24,25)26)9-11(10-27-17)12-5-1-3-7-15(12)28-18(21,22)23/h1-10H. The van der Waals surface area contributed by atoms with E-state index >= 15 is 0 Å². The Balaban J connectivity index is 2.11. The van der Waals surface area contributed by atoms with Gasteiger partial charge in [-0.1, -0.05) is 48.0 Å². The van der Waals surface area contributed by atoms with Gasteiger partial charge in [-0.05, 0) is 18.2 Å². The highest BCUT2D eigenvalue weighted by Gasteiger charge is 2.33. The maximum absolute atomic E-state index is 12.7. The molecule has 1 aromatic heterocycles. The Hall–Kier alpha value is -2.94. The predicted octanol–water partition coefficient (Wildman–Crippen LogP) is 6.87. The highest BCUT2D eigenvalue weighted by molar-refractivity contribution is 6.32. The number of para-hydroxylation sites is 2. The number of ether oxygens (including phenoxy) is 2. The minimum atomic E-state index is -4.94. The van der Waals surface area contributed by atoms with Crippen LogP contribution in [0.4, 0.5) is 26.3 Å². The molecule has 0 saturated heterocycles. The van der Waals surface area contributed by atoms with Crippen molar-refractivity contribution in [2.75, 3.05) is 0 Å². The molecule has 0 amide bonds. The van der Waals surface area contributed by atoms with Crippen LogP contribution >= 0.6 is 11.6 Å². The van der Waals surface area contributed by atoms with Crippen LogP contribution in [0.1, 0.15) is 0 Å². The molecule has 29 heavy (non-hydrogen) atoms. The van der Waals surface area contributed by atoms with Gasteiger partial charge in [-0.15, -0.1) is 26.3 Å². The summed E-state index contributed by atoms with van der Waals surface area (Å²) in [7, 11) is 0. The smallest absolute Gasteiger partial charge is 0.405 e. The normalized spacial score (nSPS) is 12.0. The molecule has 0 fully saturated rings. The average Bonchev–Trinajstić information content (AvgIpc) is 2.61. The Bertz CT molecular complexity index is 1020. The number of rotatable bonds is 4. The van der Waals surface area contributed by atoms with Crippen LogP contribution in [0.25, 0.3) is 22.3 Å². The van der Waals surface area contributed by atoms with E-state index in [0.717, 1.165) is 12.1 Å². The zero-order chi connectivity index (χ0) is 21.2. The molecule has 0 radical (unpaired) electrons. The van der Waals surface area contributed by atoms with Gasteiger partial charge in [0, 0.05) is 28.5 Å². The fourth-order valence-corrected chi connectivity index (χ4v) is 2.81. The molecule has 0 atom stereocenters. The maximum Gasteiger partial charge on any atom is 0.573 e. The quantitative estimate of drug-likeness (QED) is 0.332. The lowest BCUT2D eigenvalue weighted by Gasteiger charge is -2.16. The SMILES string of the molecule is FC(F)(F)Oc1ccccc1-c1cnc(Cl)c(-c2ccccc2OC(F)(F)F)c1. The molecule has 3 nitrogen and oxygen atoms in total. The second-order valence-corrected chi connectivity index (χ2v) is 6.01. The molecule has 0 aliphatic rings. The maximum atomic E-state index is 12.7. The Morgan fingerprint density at radius 3 is 1.72 bits per heavy atom. The van der Waals surface area contributed by atoms with E-state index in [2.05, 4.69) is 14.5 Å². The van der Waals surface area contributed by atoms with Gasteiger partial charge in [0.05, 0.1) is 0 Å². The molecule has 0 saturated carbocycles. The molecule has 152 valence electrons. The molecule has 0 aliphatic heterocycles. The molecule has 2 aromatic carbocycles. The first kappa shape index (κ1) is 20.8. The van der Waals surface area contributed by atoms with E-state index in [4.69, 9.17) is 11.6 Å². The van der Waals surface area contributed by atoms with Gasteiger partial charge >= 0.3 is 12.7 Å². The second kappa shape index (κ2) is 7.82. The first-order valence-corrected chi connectivity index (χ1v) is 8.27. The molecule has 0 N–H and O–H groups in total. The molecule has 10 heteroatoms. The van der Waals surface area contributed by atoms with Crippen LogP contribution < -0.4 is 9.47 Å². The first-order valence-electron chi connectivity index (χ1n) is 7.89. The molecule has 0 spiro atoms. The lowest BCUT2D eigenvalue weighted by Crippen LogP contribution is -2.17. The third-order valence-electron chi connectivity index (χ3n) is 3.67. The van der Waals surface area contributed by atoms with Gasteiger partial charge in [-0.2, -0.15) is 0 Å². The summed E-state index contributed by atoms with van der Waals surface area (Å²) in [5.41, 5.74) is 0.208. The number of halogens is 7. The Morgan fingerprint density at radius 2 is 1.17 bits per heavy atom. The lowest BCUT2D eigenvalue weighted by atomic mass is 10.0. The molecular formula is C19H10ClF6NO2. The van der Waals surface area contributed by atoms with Gasteiger partial charge in [0.25, 0.3) is 0 Å². The van der Waals surface area contributed by atoms with Crippen molar-refractivity contribution in [3.63, 3.8) is 0 Å². The summed E-state index contributed by atoms with van der Waals surface area (Å²) in [5.74, 6) is -1.02. The van der Waals surface area contributed by atoms with Crippen molar-refractivity contribution in [2.45, 2.75) is 12.7 Å². The summed E-state index contributed by atoms with van der Waals surface area (Å²) in [6.45, 7) is 0. The van der Waals surface area contributed by atoms with E-state index in [1.807, 2.05) is 0 Å². The van der Waals surface area contributed by atoms with Crippen molar-refractivity contribution in [1.82, 2.24) is 4.98 Å². The van der Waals surface area contributed by atoms with Crippen LogP contribution in [-0.4, -0.2) is 17.7 Å². The van der Waals surface area contributed by atoms with E-state index in [0.29, 0.717) is 0 Å². The average molecular weight is 434 g/mol. The number of pyridine rings is 1. The van der Waals surface area contributed by atoms with Gasteiger partial charge in [0.2, 0.25) is 0 Å². The lowest BCUT2D eigenvalue weighted by molar-refractivity contribution is -0.275. The van der Waals surface area contributed by atoms with Gasteiger partial charge in [-0.3, -0.25) is 0 Å². The zero-order valence-electron chi connectivity index (χ0n) is 14.2. The molecular weight excluding hydrogens is 424 g/mol. The molecule has 0 bridgehead atoms. The Morgan fingerprint density at radius 1 is 0.690 bits per heavy atom. The van der Waals surface area contributed by atoms with Crippen molar-refractivity contribution in [1.29, 1.82) is 0 Å². The summed E-state index contributed by atoms with van der Waals surface area (Å²) < 4.78 is 84.2. The van der Waals surface area contributed by atoms with Crippen molar-refractivity contribution in [3.05, 3.63) is 65.9 Å². The van der Waals surface area contributed by atoms with Gasteiger partial charge < -0.3 is 9.47 Å². The van der Waals surface area contributed by atoms with Crippen molar-refractivity contribution < 1.29 is 35.8 Å². The second-order valence-electron chi connectivity index (χ2n) is 5.65. The zero-order valence-corrected chi connectivity index (χ0v) is 14.9. The van der Waals surface area contributed by atoms with Crippen molar-refractivity contribution >= 4 is 11.6 Å². The number of benzene rings is 2. The minimum Gasteiger partial charge on any atom is -0.405 e. The van der Waals surface area contributed by atoms with Gasteiger partial charge in [0.15, 0.2) is 0 Å². The fraction of sp³-hybridized carbons (Fsp3) is 0.105. The van der Waals surface area contributed by atoms with E-state index in [9.17, 15) is 26.3 Å². The number of alkyl halides is 6. The van der Waals surface area contributed by atoms with E-state index in [1.165, 1.54) is 48.7 Å². The molecule has 3 rings (SSSR count). The van der Waals surface area contributed by atoms with Crippen LogP contribution in [-0.2, 0) is 0 Å². The summed E-state index contributed by atoms with van der Waals surface area (Å²) >= 11 is 6.05. The third kappa shape index (κ3) is 5.32. The monoisotopic (exact) mass is 433 g/mol. The first-order chi connectivity index (χ1) is 13.5. The fourth-order valence-electron chi connectivity index (χ4n) is 2.61. The predicted molar refractivity (Wildman–Crippen MR) is 93.5 cm³/mol. The summed E-state index contributed by atoms with van der Waals surface area (Å²) in [5, 5.41) is -0.152. The molecule has 1 heterocycles. The number of hydrogen-bond acceptors (Lipinski definition) is 3. The van der Waals surface area contributed by atoms with Crippen LogP contribution in [0.15, 0.2) is 60.8 Å². The van der Waals surface area contributed by atoms with Gasteiger partial charge in [0.1, 0.15) is 16.7 Å². The van der Waals surface area contributed by atoms with Gasteiger partial charge in [-0.25, -0.2) is 4.98 Å². The highest BCUT2D eigenvalue weighted by atomic mass is 35.5. The minimum absolute atomic E-state index is 0.0293. The van der Waals surface area contributed by atoms with Crippen LogP contribution in [0.2, 0.25) is 5.15 Å². The molecule has 0 unspecified atom stereocenters. The largest absolute Gasteiger partial charge is 0.573 e. The Labute approximate surface area is 165 Å². The topological polar surface area (TPSA) is 31.4 Å². The number of aromatic nitrogens is 1. The number of nitrogens with zero attached hydrogens (tertiary/aromatic N) is 1.